The molecule has 0 radical (unpaired) electrons. The van der Waals surface area contributed by atoms with Crippen molar-refractivity contribution in [3.63, 3.8) is 0 Å². The van der Waals surface area contributed by atoms with E-state index in [1.54, 1.807) is 28.4 Å². The van der Waals surface area contributed by atoms with E-state index >= 15 is 0 Å². The fourth-order valence-corrected chi connectivity index (χ4v) is 7.14. The van der Waals surface area contributed by atoms with Gasteiger partial charge in [0.1, 0.15) is 0 Å². The number of amides is 1. The lowest BCUT2D eigenvalue weighted by molar-refractivity contribution is -0.132. The van der Waals surface area contributed by atoms with E-state index < -0.39 is 10.0 Å². The average Bonchev–Trinajstić information content (AvgIpc) is 3.59. The summed E-state index contributed by atoms with van der Waals surface area (Å²) >= 11 is 1.61. The van der Waals surface area contributed by atoms with Crippen molar-refractivity contribution in [2.45, 2.75) is 43.9 Å². The van der Waals surface area contributed by atoms with Crippen LogP contribution in [0.3, 0.4) is 0 Å². The Balaban J connectivity index is 1.44. The summed E-state index contributed by atoms with van der Waals surface area (Å²) in [6.45, 7) is 3.39. The second-order valence-electron chi connectivity index (χ2n) is 9.70. The summed E-state index contributed by atoms with van der Waals surface area (Å²) in [5.41, 5.74) is 2.12. The third-order valence-electron chi connectivity index (χ3n) is 6.97. The lowest BCUT2D eigenvalue weighted by Crippen LogP contribution is -2.45. The molecule has 3 aromatic carbocycles. The monoisotopic (exact) mass is 548 g/mol. The molecule has 4 aromatic rings. The molecule has 6 nitrogen and oxygen atoms in total. The van der Waals surface area contributed by atoms with Gasteiger partial charge in [0.05, 0.1) is 24.1 Å². The first kappa shape index (κ1) is 26.6. The van der Waals surface area contributed by atoms with E-state index in [-0.39, 0.29) is 30.0 Å². The zero-order valence-corrected chi connectivity index (χ0v) is 23.1. The van der Waals surface area contributed by atoms with Gasteiger partial charge in [0.25, 0.3) is 0 Å². The number of aryl methyl sites for hydroxylation is 1. The van der Waals surface area contributed by atoms with Crippen LogP contribution in [0.15, 0.2) is 89.1 Å². The molecule has 2 heterocycles. The fourth-order valence-electron chi connectivity index (χ4n) is 4.77. The van der Waals surface area contributed by atoms with Crippen molar-refractivity contribution in [1.82, 2.24) is 9.21 Å². The summed E-state index contributed by atoms with van der Waals surface area (Å²) in [6, 6.07) is 24.6. The third kappa shape index (κ3) is 6.15. The van der Waals surface area contributed by atoms with E-state index in [9.17, 15) is 13.2 Å². The number of rotatable bonds is 10. The number of benzene rings is 3. The Morgan fingerprint density at radius 2 is 1.74 bits per heavy atom. The van der Waals surface area contributed by atoms with Crippen LogP contribution in [-0.4, -0.2) is 49.3 Å². The van der Waals surface area contributed by atoms with Crippen LogP contribution in [0.5, 0.6) is 0 Å². The van der Waals surface area contributed by atoms with Crippen molar-refractivity contribution in [1.29, 1.82) is 0 Å². The highest BCUT2D eigenvalue weighted by Gasteiger charge is 2.32. The molecule has 8 heteroatoms. The molecule has 0 saturated carbocycles. The Labute approximate surface area is 228 Å². The summed E-state index contributed by atoms with van der Waals surface area (Å²) in [5.74, 6) is -0.232. The molecule has 1 aliphatic rings. The van der Waals surface area contributed by atoms with E-state index in [4.69, 9.17) is 4.74 Å². The second-order valence-corrected chi connectivity index (χ2v) is 12.6. The molecule has 0 bridgehead atoms. The van der Waals surface area contributed by atoms with Crippen LogP contribution in [0.2, 0.25) is 0 Å². The minimum absolute atomic E-state index is 0.151. The molecule has 1 fully saturated rings. The minimum atomic E-state index is -3.94. The zero-order chi connectivity index (χ0) is 26.5. The number of nitrogens with zero attached hydrogens (tertiary/aromatic N) is 2. The Morgan fingerprint density at radius 3 is 2.45 bits per heavy atom. The second kappa shape index (κ2) is 11.8. The molecule has 1 saturated heterocycles. The number of carbonyl (C=O) groups excluding carboxylic acids is 1. The fraction of sp³-hybridized carbons (Fsp3) is 0.300. The van der Waals surface area contributed by atoms with Crippen LogP contribution in [0.25, 0.3) is 10.8 Å². The highest BCUT2D eigenvalue weighted by molar-refractivity contribution is 7.89. The van der Waals surface area contributed by atoms with Gasteiger partial charge < -0.3 is 9.64 Å². The molecule has 0 spiro atoms. The molecule has 0 aliphatic carbocycles. The Bertz CT molecular complexity index is 1490. The van der Waals surface area contributed by atoms with Gasteiger partial charge in [0.2, 0.25) is 15.9 Å². The first-order valence-corrected chi connectivity index (χ1v) is 15.2. The Hall–Kier alpha value is -3.04. The number of ether oxygens (including phenoxy) is 1. The lowest BCUT2D eigenvalue weighted by atomic mass is 10.1. The standard InChI is InChI=1S/C30H32N2O4S2/c1-23-15-17-37-29(23)21-31(19-24-8-3-2-4-9-24)30(33)22-32(20-27-12-7-16-36-27)38(34,35)28-14-13-25-10-5-6-11-26(25)18-28/h2-6,8-11,13-15,17-18,27H,7,12,16,19-22H2,1H3/t27-/m1/s1. The van der Waals surface area contributed by atoms with Gasteiger partial charge in [-0.2, -0.15) is 4.31 Å². The van der Waals surface area contributed by atoms with Gasteiger partial charge in [-0.3, -0.25) is 4.79 Å². The highest BCUT2D eigenvalue weighted by atomic mass is 32.2. The van der Waals surface area contributed by atoms with Crippen molar-refractivity contribution >= 4 is 38.0 Å². The smallest absolute Gasteiger partial charge is 0.243 e. The molecule has 198 valence electrons. The molecule has 38 heavy (non-hydrogen) atoms. The summed E-state index contributed by atoms with van der Waals surface area (Å²) < 4.78 is 35.0. The first-order valence-electron chi connectivity index (χ1n) is 12.9. The average molecular weight is 549 g/mol. The van der Waals surface area contributed by atoms with Crippen molar-refractivity contribution in [2.24, 2.45) is 0 Å². The highest BCUT2D eigenvalue weighted by Crippen LogP contribution is 2.25. The maximum atomic E-state index is 14.0. The molecule has 0 N–H and O–H groups in total. The van der Waals surface area contributed by atoms with Crippen LogP contribution >= 0.6 is 11.3 Å². The quantitative estimate of drug-likeness (QED) is 0.258. The van der Waals surface area contributed by atoms with Crippen LogP contribution < -0.4 is 0 Å². The van der Waals surface area contributed by atoms with E-state index in [2.05, 4.69) is 0 Å². The third-order valence-corrected chi connectivity index (χ3v) is 9.79. The molecular formula is C30H32N2O4S2. The van der Waals surface area contributed by atoms with Gasteiger partial charge >= 0.3 is 0 Å². The number of hydrogen-bond donors (Lipinski definition) is 0. The molecule has 1 aromatic heterocycles. The van der Waals surface area contributed by atoms with E-state index in [1.165, 1.54) is 4.31 Å². The van der Waals surface area contributed by atoms with Crippen molar-refractivity contribution < 1.29 is 17.9 Å². The number of sulfonamides is 1. The van der Waals surface area contributed by atoms with Crippen molar-refractivity contribution in [3.05, 3.63) is 100 Å². The molecule has 1 amide bonds. The van der Waals surface area contributed by atoms with E-state index in [0.717, 1.165) is 39.6 Å². The maximum Gasteiger partial charge on any atom is 0.243 e. The van der Waals surface area contributed by atoms with E-state index in [1.807, 2.05) is 79.0 Å². The SMILES string of the molecule is Cc1ccsc1CN(Cc1ccccc1)C(=O)CN(C[C@H]1CCCO1)S(=O)(=O)c1ccc2ccccc2c1. The van der Waals surface area contributed by atoms with Crippen LogP contribution in [0.1, 0.15) is 28.8 Å². The molecule has 0 unspecified atom stereocenters. The lowest BCUT2D eigenvalue weighted by Gasteiger charge is -2.29. The number of hydrogen-bond acceptors (Lipinski definition) is 5. The van der Waals surface area contributed by atoms with Gasteiger partial charge in [-0.25, -0.2) is 8.42 Å². The Morgan fingerprint density at radius 1 is 0.974 bits per heavy atom. The van der Waals surface area contributed by atoms with Crippen LogP contribution in [-0.2, 0) is 32.6 Å². The predicted octanol–water partition coefficient (Wildman–Crippen LogP) is 5.61. The molecule has 1 aliphatic heterocycles. The molecule has 1 atom stereocenters. The maximum absolute atomic E-state index is 14.0. The van der Waals surface area contributed by atoms with Gasteiger partial charge in [-0.05, 0) is 65.2 Å². The first-order chi connectivity index (χ1) is 18.4. The number of fused-ring (bicyclic) bond motifs is 1. The van der Waals surface area contributed by atoms with Crippen molar-refractivity contribution in [3.8, 4) is 0 Å². The van der Waals surface area contributed by atoms with Crippen LogP contribution in [0.4, 0.5) is 0 Å². The van der Waals surface area contributed by atoms with Gasteiger partial charge in [-0.1, -0.05) is 60.7 Å². The number of carbonyl (C=O) groups is 1. The number of thiophene rings is 1. The Kier molecular flexibility index (Phi) is 8.24. The molecule has 5 rings (SSSR count). The summed E-state index contributed by atoms with van der Waals surface area (Å²) in [4.78, 5) is 16.9. The summed E-state index contributed by atoms with van der Waals surface area (Å²) in [5, 5.41) is 3.83. The summed E-state index contributed by atoms with van der Waals surface area (Å²) in [6.07, 6.45) is 1.44. The van der Waals surface area contributed by atoms with Gasteiger partial charge in [0, 0.05) is 24.6 Å². The van der Waals surface area contributed by atoms with Gasteiger partial charge in [0.15, 0.2) is 0 Å². The summed E-state index contributed by atoms with van der Waals surface area (Å²) in [7, 11) is -3.94. The zero-order valence-electron chi connectivity index (χ0n) is 21.5. The van der Waals surface area contributed by atoms with E-state index in [0.29, 0.717) is 19.7 Å². The van der Waals surface area contributed by atoms with Crippen molar-refractivity contribution in [2.75, 3.05) is 19.7 Å². The normalized spacial score (nSPS) is 15.8. The largest absolute Gasteiger partial charge is 0.377 e. The van der Waals surface area contributed by atoms with Crippen LogP contribution in [0, 0.1) is 6.92 Å². The predicted molar refractivity (Wildman–Crippen MR) is 151 cm³/mol. The topological polar surface area (TPSA) is 66.9 Å². The molecular weight excluding hydrogens is 516 g/mol. The minimum Gasteiger partial charge on any atom is -0.377 e. The van der Waals surface area contributed by atoms with Gasteiger partial charge in [-0.15, -0.1) is 11.3 Å².